The van der Waals surface area contributed by atoms with Gasteiger partial charge >= 0.3 is 5.69 Å². The molecule has 112 valence electrons. The summed E-state index contributed by atoms with van der Waals surface area (Å²) in [6, 6.07) is 0. The Labute approximate surface area is 117 Å². The van der Waals surface area contributed by atoms with Gasteiger partial charge in [-0.15, -0.1) is 0 Å². The molecule has 0 bridgehead atoms. The molecule has 1 aromatic heterocycles. The molecule has 20 heavy (non-hydrogen) atoms. The Morgan fingerprint density at radius 1 is 1.55 bits per heavy atom. The smallest absolute Gasteiger partial charge is 0.351 e. The third-order valence-corrected chi connectivity index (χ3v) is 3.51. The second-order valence-corrected chi connectivity index (χ2v) is 4.91. The van der Waals surface area contributed by atoms with E-state index in [4.69, 9.17) is 15.0 Å². The molecule has 1 aliphatic heterocycles. The molecule has 1 saturated heterocycles. The molecular formula is C11H18N3O5P. The molecule has 0 radical (unpaired) electrons. The Kier molecular flexibility index (Phi) is 4.72. The van der Waals surface area contributed by atoms with Gasteiger partial charge in [0, 0.05) is 21.2 Å². The van der Waals surface area contributed by atoms with E-state index in [1.165, 1.54) is 6.20 Å². The fraction of sp³-hybridized carbons (Fsp3) is 0.636. The quantitative estimate of drug-likeness (QED) is 0.598. The number of hydrogen-bond acceptors (Lipinski definition) is 7. The van der Waals surface area contributed by atoms with Crippen LogP contribution in [0, 0.1) is 0 Å². The first-order valence-electron chi connectivity index (χ1n) is 6.20. The van der Waals surface area contributed by atoms with Crippen LogP contribution in [0.2, 0.25) is 0 Å². The molecule has 0 aliphatic carbocycles. The molecule has 1 aromatic rings. The van der Waals surface area contributed by atoms with Crippen LogP contribution < -0.4 is 11.4 Å². The van der Waals surface area contributed by atoms with Crippen LogP contribution in [0.3, 0.4) is 0 Å². The van der Waals surface area contributed by atoms with Crippen molar-refractivity contribution in [2.75, 3.05) is 12.3 Å². The van der Waals surface area contributed by atoms with Gasteiger partial charge in [0.15, 0.2) is 6.23 Å². The highest BCUT2D eigenvalue weighted by molar-refractivity contribution is 7.09. The third kappa shape index (κ3) is 2.70. The van der Waals surface area contributed by atoms with Crippen molar-refractivity contribution in [1.82, 2.24) is 9.55 Å². The average Bonchev–Trinajstić information content (AvgIpc) is 2.68. The van der Waals surface area contributed by atoms with Crippen molar-refractivity contribution in [2.24, 2.45) is 0 Å². The van der Waals surface area contributed by atoms with Crippen molar-refractivity contribution in [3.8, 4) is 0 Å². The van der Waals surface area contributed by atoms with Crippen LogP contribution in [-0.2, 0) is 15.7 Å². The molecule has 1 aliphatic rings. The van der Waals surface area contributed by atoms with Gasteiger partial charge in [-0.1, -0.05) is 6.92 Å². The van der Waals surface area contributed by atoms with E-state index in [9.17, 15) is 15.0 Å². The second-order valence-electron chi connectivity index (χ2n) is 4.57. The number of nitrogens with two attached hydrogens (primary N) is 1. The first-order valence-corrected chi connectivity index (χ1v) is 6.67. The van der Waals surface area contributed by atoms with Crippen molar-refractivity contribution in [3.63, 3.8) is 0 Å². The summed E-state index contributed by atoms with van der Waals surface area (Å²) < 4.78 is 11.4. The molecule has 0 amide bonds. The van der Waals surface area contributed by atoms with Gasteiger partial charge in [0.25, 0.3) is 0 Å². The van der Waals surface area contributed by atoms with E-state index in [0.29, 0.717) is 12.0 Å². The van der Waals surface area contributed by atoms with Gasteiger partial charge in [-0.25, -0.2) is 4.79 Å². The van der Waals surface area contributed by atoms with Crippen LogP contribution in [0.25, 0.3) is 0 Å². The van der Waals surface area contributed by atoms with E-state index in [-0.39, 0.29) is 12.4 Å². The number of aliphatic hydroxyl groups excluding tert-OH is 2. The fourth-order valence-corrected chi connectivity index (χ4v) is 2.36. The van der Waals surface area contributed by atoms with E-state index in [2.05, 4.69) is 4.98 Å². The Balaban J connectivity index is 2.34. The van der Waals surface area contributed by atoms with E-state index >= 15 is 0 Å². The number of aryl methyl sites for hydroxylation is 1. The lowest BCUT2D eigenvalue weighted by Gasteiger charge is -2.18. The van der Waals surface area contributed by atoms with Crippen molar-refractivity contribution in [2.45, 2.75) is 37.9 Å². The first kappa shape index (κ1) is 15.3. The molecule has 0 aromatic carbocycles. The number of ether oxygens (including phenoxy) is 1. The van der Waals surface area contributed by atoms with E-state index < -0.39 is 30.2 Å². The minimum atomic E-state index is -1.24. The lowest BCUT2D eigenvalue weighted by atomic mass is 10.1. The first-order chi connectivity index (χ1) is 9.49. The monoisotopic (exact) mass is 303 g/mol. The molecule has 5 atom stereocenters. The predicted octanol–water partition coefficient (Wildman–Crippen LogP) is -1.19. The summed E-state index contributed by atoms with van der Waals surface area (Å²) in [5.74, 6) is 0.159. The average molecular weight is 303 g/mol. The highest BCUT2D eigenvalue weighted by atomic mass is 31.0. The lowest BCUT2D eigenvalue weighted by Crippen LogP contribution is -2.36. The van der Waals surface area contributed by atoms with Gasteiger partial charge in [-0.3, -0.25) is 4.57 Å². The number of nitrogen functional groups attached to an aromatic ring is 1. The number of anilines is 1. The number of aliphatic hydroxyl groups is 2. The summed E-state index contributed by atoms with van der Waals surface area (Å²) in [5.41, 5.74) is 5.67. The molecule has 1 fully saturated rings. The molecule has 2 heterocycles. The van der Waals surface area contributed by atoms with Gasteiger partial charge in [0.1, 0.15) is 24.1 Å². The molecule has 1 unspecified atom stereocenters. The molecule has 9 heteroatoms. The summed E-state index contributed by atoms with van der Waals surface area (Å²) in [7, 11) is 2.04. The lowest BCUT2D eigenvalue weighted by molar-refractivity contribution is -0.0498. The molecule has 0 saturated carbocycles. The van der Waals surface area contributed by atoms with E-state index in [0.717, 1.165) is 4.57 Å². The number of hydrogen-bond donors (Lipinski definition) is 3. The minimum absolute atomic E-state index is 0.0805. The Morgan fingerprint density at radius 3 is 2.85 bits per heavy atom. The van der Waals surface area contributed by atoms with Crippen LogP contribution in [0.1, 0.15) is 18.7 Å². The summed E-state index contributed by atoms with van der Waals surface area (Å²) in [6.45, 7) is 1.95. The van der Waals surface area contributed by atoms with Crippen LogP contribution in [0.4, 0.5) is 5.82 Å². The maximum Gasteiger partial charge on any atom is 0.351 e. The largest absolute Gasteiger partial charge is 0.387 e. The Morgan fingerprint density at radius 2 is 2.25 bits per heavy atom. The zero-order valence-corrected chi connectivity index (χ0v) is 12.1. The van der Waals surface area contributed by atoms with Crippen molar-refractivity contribution >= 4 is 15.3 Å². The van der Waals surface area contributed by atoms with Gasteiger partial charge in [0.05, 0.1) is 6.61 Å². The van der Waals surface area contributed by atoms with Crippen LogP contribution >= 0.6 is 9.47 Å². The minimum Gasteiger partial charge on any atom is -0.387 e. The number of nitrogens with zero attached hydrogens (tertiary/aromatic N) is 2. The standard InChI is InChI=1S/C11H18N3O5P/c1-2-5-3-14(11(17)13-9(5)12)10-8(16)7(15)6(19-10)4-18-20/h3,6-8,10,15-16H,2,4,20H2,1H3,(H2,12,13,17)/t6-,7+,8+,10-/m1/s1. The SMILES string of the molecule is CCc1cn([C@@H]2O[C@H](COP)[C@H](O)[C@@H]2O)c(=O)nc1N. The molecule has 0 spiro atoms. The van der Waals surface area contributed by atoms with Crippen molar-refractivity contribution in [1.29, 1.82) is 0 Å². The molecule has 2 rings (SSSR count). The van der Waals surface area contributed by atoms with Gasteiger partial charge in [0.2, 0.25) is 0 Å². The summed E-state index contributed by atoms with van der Waals surface area (Å²) in [6.07, 6.45) is -2.04. The topological polar surface area (TPSA) is 120 Å². The second kappa shape index (κ2) is 6.15. The van der Waals surface area contributed by atoms with E-state index in [1.54, 1.807) is 0 Å². The van der Waals surface area contributed by atoms with Crippen molar-refractivity contribution in [3.05, 3.63) is 22.2 Å². The summed E-state index contributed by atoms with van der Waals surface area (Å²) in [5, 5.41) is 19.9. The molecule has 8 nitrogen and oxygen atoms in total. The maximum absolute atomic E-state index is 11.9. The summed E-state index contributed by atoms with van der Waals surface area (Å²) >= 11 is 0. The van der Waals surface area contributed by atoms with Gasteiger partial charge in [-0.05, 0) is 6.42 Å². The highest BCUT2D eigenvalue weighted by Gasteiger charge is 2.44. The van der Waals surface area contributed by atoms with Crippen LogP contribution in [0.5, 0.6) is 0 Å². The predicted molar refractivity (Wildman–Crippen MR) is 73.9 cm³/mol. The zero-order chi connectivity index (χ0) is 14.9. The maximum atomic E-state index is 11.9. The normalized spacial score (nSPS) is 29.8. The molecular weight excluding hydrogens is 285 g/mol. The fourth-order valence-electron chi connectivity index (χ4n) is 2.17. The molecule has 4 N–H and O–H groups in total. The number of rotatable bonds is 4. The Bertz CT molecular complexity index is 537. The zero-order valence-electron chi connectivity index (χ0n) is 11.0. The van der Waals surface area contributed by atoms with Crippen LogP contribution in [-0.4, -0.2) is 44.7 Å². The number of aromatic nitrogens is 2. The summed E-state index contributed by atoms with van der Waals surface area (Å²) in [4.78, 5) is 15.6. The Hall–Kier alpha value is -1.05. The third-order valence-electron chi connectivity index (χ3n) is 3.31. The van der Waals surface area contributed by atoms with Gasteiger partial charge < -0.3 is 25.2 Å². The van der Waals surface area contributed by atoms with E-state index in [1.807, 2.05) is 16.4 Å². The van der Waals surface area contributed by atoms with Crippen LogP contribution in [0.15, 0.2) is 11.0 Å². The highest BCUT2D eigenvalue weighted by Crippen LogP contribution is 2.29. The van der Waals surface area contributed by atoms with Crippen molar-refractivity contribution < 1.29 is 19.5 Å². The van der Waals surface area contributed by atoms with Gasteiger partial charge in [-0.2, -0.15) is 4.98 Å².